The van der Waals surface area contributed by atoms with Gasteiger partial charge in [0.15, 0.2) is 0 Å². The van der Waals surface area contributed by atoms with Gasteiger partial charge in [0.05, 0.1) is 17.4 Å². The monoisotopic (exact) mass is 464 g/mol. The Morgan fingerprint density at radius 3 is 2.44 bits per heavy atom. The van der Waals surface area contributed by atoms with Gasteiger partial charge < -0.3 is 15.0 Å². The minimum atomic E-state index is -1.59. The molecule has 0 spiro atoms. The highest BCUT2D eigenvalue weighted by Crippen LogP contribution is 2.26. The van der Waals surface area contributed by atoms with Crippen molar-refractivity contribution in [1.82, 2.24) is 4.57 Å². The molecule has 0 bridgehead atoms. The molecule has 0 atom stereocenters. The van der Waals surface area contributed by atoms with Crippen LogP contribution in [0.5, 0.6) is 0 Å². The maximum Gasteiger partial charge on any atom is 0.341 e. The molecular weight excluding hydrogens is 445 g/mol. The van der Waals surface area contributed by atoms with Crippen LogP contribution in [0.25, 0.3) is 22.0 Å². The van der Waals surface area contributed by atoms with E-state index in [-0.39, 0.29) is 12.1 Å². The molecule has 1 heterocycles. The Labute approximate surface area is 192 Å². The second-order valence-electron chi connectivity index (χ2n) is 7.59. The molecule has 5 nitrogen and oxygen atoms in total. The number of carboxylic acids is 1. The van der Waals surface area contributed by atoms with E-state index < -0.39 is 45.3 Å². The highest BCUT2D eigenvalue weighted by Gasteiger charge is 2.20. The van der Waals surface area contributed by atoms with Gasteiger partial charge in [-0.3, -0.25) is 4.79 Å². The number of nitrogens with zero attached hydrogens (tertiary/aromatic N) is 1. The maximum atomic E-state index is 15.1. The zero-order chi connectivity index (χ0) is 24.4. The molecule has 0 aliphatic heterocycles. The number of fused-ring (bicyclic) bond motifs is 1. The number of carboxylic acid groups (broad SMARTS) is 1. The standard InChI is InChI=1S/C26H19F3N2O3/c1-2-10-30-18-5-3-4-15(11-18)16-6-7-17(22(29)12-16)13-31-14-19(26(33)34)25(32)23-20(27)8-9-21(28)24(23)31/h2-12,14,30H,13H2,1H3,(H,33,34)/b10-2-. The van der Waals surface area contributed by atoms with E-state index in [0.717, 1.165) is 34.1 Å². The van der Waals surface area contributed by atoms with E-state index in [2.05, 4.69) is 5.32 Å². The third-order valence-electron chi connectivity index (χ3n) is 5.36. The summed E-state index contributed by atoms with van der Waals surface area (Å²) in [7, 11) is 0. The van der Waals surface area contributed by atoms with Crippen molar-refractivity contribution in [3.05, 3.63) is 112 Å². The van der Waals surface area contributed by atoms with Crippen LogP contribution in [0.2, 0.25) is 0 Å². The van der Waals surface area contributed by atoms with Crippen LogP contribution in [0.4, 0.5) is 18.9 Å². The first-order chi connectivity index (χ1) is 16.3. The van der Waals surface area contributed by atoms with Gasteiger partial charge in [-0.2, -0.15) is 0 Å². The summed E-state index contributed by atoms with van der Waals surface area (Å²) in [4.78, 5) is 23.9. The second-order valence-corrected chi connectivity index (χ2v) is 7.59. The first kappa shape index (κ1) is 22.8. The molecule has 172 valence electrons. The summed E-state index contributed by atoms with van der Waals surface area (Å²) in [5, 5.41) is 11.8. The van der Waals surface area contributed by atoms with Crippen LogP contribution in [0.15, 0.2) is 77.9 Å². The van der Waals surface area contributed by atoms with Gasteiger partial charge in [-0.25, -0.2) is 18.0 Å². The van der Waals surface area contributed by atoms with Gasteiger partial charge in [0.2, 0.25) is 5.43 Å². The van der Waals surface area contributed by atoms with Crippen LogP contribution in [-0.2, 0) is 6.54 Å². The lowest BCUT2D eigenvalue weighted by atomic mass is 10.0. The lowest BCUT2D eigenvalue weighted by molar-refractivity contribution is 0.0695. The molecule has 0 radical (unpaired) electrons. The van der Waals surface area contributed by atoms with Crippen molar-refractivity contribution in [2.45, 2.75) is 13.5 Å². The molecule has 4 rings (SSSR count). The lowest BCUT2D eigenvalue weighted by Crippen LogP contribution is -2.21. The Hall–Kier alpha value is -4.33. The molecule has 3 aromatic carbocycles. The first-order valence-electron chi connectivity index (χ1n) is 10.3. The minimum Gasteiger partial charge on any atom is -0.477 e. The fourth-order valence-corrected chi connectivity index (χ4v) is 3.74. The van der Waals surface area contributed by atoms with Gasteiger partial charge in [0.1, 0.15) is 23.0 Å². The number of benzene rings is 3. The highest BCUT2D eigenvalue weighted by atomic mass is 19.1. The summed E-state index contributed by atoms with van der Waals surface area (Å²) in [6, 6.07) is 13.4. The topological polar surface area (TPSA) is 71.3 Å². The van der Waals surface area contributed by atoms with Crippen LogP contribution in [0, 0.1) is 17.5 Å². The molecule has 0 fully saturated rings. The SMILES string of the molecule is C/C=C\Nc1cccc(-c2ccc(Cn3cc(C(=O)O)c(=O)c4c(F)ccc(F)c43)c(F)c2)c1. The second kappa shape index (κ2) is 9.27. The van der Waals surface area contributed by atoms with E-state index in [4.69, 9.17) is 0 Å². The fourth-order valence-electron chi connectivity index (χ4n) is 3.74. The number of rotatable bonds is 6. The Kier molecular flexibility index (Phi) is 6.23. The molecule has 2 N–H and O–H groups in total. The van der Waals surface area contributed by atoms with Crippen molar-refractivity contribution in [2.24, 2.45) is 0 Å². The summed E-state index contributed by atoms with van der Waals surface area (Å²) in [5.41, 5.74) is -0.0253. The van der Waals surface area contributed by atoms with Crippen molar-refractivity contribution >= 4 is 22.6 Å². The van der Waals surface area contributed by atoms with Crippen molar-refractivity contribution in [2.75, 3.05) is 5.32 Å². The third kappa shape index (κ3) is 4.30. The van der Waals surface area contributed by atoms with Crippen molar-refractivity contribution in [1.29, 1.82) is 0 Å². The minimum absolute atomic E-state index is 0.108. The van der Waals surface area contributed by atoms with E-state index in [1.165, 1.54) is 12.1 Å². The van der Waals surface area contributed by atoms with Crippen molar-refractivity contribution < 1.29 is 23.1 Å². The number of anilines is 1. The molecule has 1 aromatic heterocycles. The first-order valence-corrected chi connectivity index (χ1v) is 10.3. The van der Waals surface area contributed by atoms with Gasteiger partial charge in [0, 0.05) is 17.4 Å². The molecule has 0 aliphatic rings. The van der Waals surface area contributed by atoms with Crippen LogP contribution in [0.3, 0.4) is 0 Å². The average molecular weight is 464 g/mol. The smallest absolute Gasteiger partial charge is 0.341 e. The molecular formula is C26H19F3N2O3. The van der Waals surface area contributed by atoms with Crippen LogP contribution < -0.4 is 10.7 Å². The highest BCUT2D eigenvalue weighted by molar-refractivity contribution is 5.93. The van der Waals surface area contributed by atoms with Crippen LogP contribution in [0.1, 0.15) is 22.8 Å². The number of hydrogen-bond acceptors (Lipinski definition) is 3. The fraction of sp³-hybridized carbons (Fsp3) is 0.0769. The molecule has 34 heavy (non-hydrogen) atoms. The number of allylic oxidation sites excluding steroid dienone is 1. The molecule has 0 amide bonds. The van der Waals surface area contributed by atoms with E-state index in [9.17, 15) is 23.5 Å². The van der Waals surface area contributed by atoms with E-state index in [1.54, 1.807) is 12.3 Å². The molecule has 0 unspecified atom stereocenters. The lowest BCUT2D eigenvalue weighted by Gasteiger charge is -2.15. The molecule has 4 aromatic rings. The Morgan fingerprint density at radius 1 is 1.00 bits per heavy atom. The number of aromatic carboxylic acids is 1. The van der Waals surface area contributed by atoms with Gasteiger partial charge in [-0.15, -0.1) is 0 Å². The summed E-state index contributed by atoms with van der Waals surface area (Å²) >= 11 is 0. The average Bonchev–Trinajstić information content (AvgIpc) is 2.82. The largest absolute Gasteiger partial charge is 0.477 e. The van der Waals surface area contributed by atoms with Crippen LogP contribution >= 0.6 is 0 Å². The van der Waals surface area contributed by atoms with Gasteiger partial charge in [0.25, 0.3) is 0 Å². The number of halogens is 3. The Bertz CT molecular complexity index is 1510. The number of carbonyl (C=O) groups is 1. The summed E-state index contributed by atoms with van der Waals surface area (Å²) < 4.78 is 45.0. The number of pyridine rings is 1. The summed E-state index contributed by atoms with van der Waals surface area (Å²) in [6.45, 7) is 1.56. The van der Waals surface area contributed by atoms with Gasteiger partial charge in [-0.05, 0) is 54.6 Å². The normalized spacial score (nSPS) is 11.3. The molecule has 8 heteroatoms. The van der Waals surface area contributed by atoms with E-state index in [0.29, 0.717) is 5.56 Å². The van der Waals surface area contributed by atoms with Crippen molar-refractivity contribution in [3.8, 4) is 11.1 Å². The van der Waals surface area contributed by atoms with E-state index >= 15 is 4.39 Å². The summed E-state index contributed by atoms with van der Waals surface area (Å²) in [6.07, 6.45) is 4.51. The Balaban J connectivity index is 1.78. The number of hydrogen-bond donors (Lipinski definition) is 2. The predicted molar refractivity (Wildman–Crippen MR) is 124 cm³/mol. The molecule has 0 saturated carbocycles. The third-order valence-corrected chi connectivity index (χ3v) is 5.36. The number of aromatic nitrogens is 1. The number of nitrogens with one attached hydrogen (secondary N) is 1. The van der Waals surface area contributed by atoms with Crippen LogP contribution in [-0.4, -0.2) is 15.6 Å². The van der Waals surface area contributed by atoms with Gasteiger partial charge in [-0.1, -0.05) is 30.3 Å². The maximum absolute atomic E-state index is 15.1. The Morgan fingerprint density at radius 2 is 1.74 bits per heavy atom. The predicted octanol–water partition coefficient (Wildman–Crippen LogP) is 5.78. The zero-order valence-electron chi connectivity index (χ0n) is 18.0. The van der Waals surface area contributed by atoms with Crippen molar-refractivity contribution in [3.63, 3.8) is 0 Å². The molecule has 0 saturated heterocycles. The molecule has 0 aliphatic carbocycles. The van der Waals surface area contributed by atoms with Gasteiger partial charge >= 0.3 is 5.97 Å². The zero-order valence-corrected chi connectivity index (χ0v) is 18.0. The quantitative estimate of drug-likeness (QED) is 0.380. The summed E-state index contributed by atoms with van der Waals surface area (Å²) in [5.74, 6) is -4.19. The van der Waals surface area contributed by atoms with E-state index in [1.807, 2.05) is 37.3 Å².